The van der Waals surface area contributed by atoms with E-state index in [2.05, 4.69) is 0 Å². The maximum Gasteiger partial charge on any atom is 0.197 e. The summed E-state index contributed by atoms with van der Waals surface area (Å²) in [5.41, 5.74) is 1.16. The summed E-state index contributed by atoms with van der Waals surface area (Å²) in [6.07, 6.45) is 0. The number of ether oxygens (including phenoxy) is 2. The van der Waals surface area contributed by atoms with Gasteiger partial charge in [-0.15, -0.1) is 0 Å². The zero-order chi connectivity index (χ0) is 14.8. The smallest absolute Gasteiger partial charge is 0.197 e. The Kier molecular flexibility index (Phi) is 3.36. The van der Waals surface area contributed by atoms with Crippen LogP contribution < -0.4 is 14.9 Å². The second-order valence-electron chi connectivity index (χ2n) is 4.52. The van der Waals surface area contributed by atoms with Crippen LogP contribution in [0.3, 0.4) is 0 Å². The van der Waals surface area contributed by atoms with Crippen molar-refractivity contribution in [1.29, 1.82) is 0 Å². The van der Waals surface area contributed by atoms with Crippen LogP contribution in [0, 0.1) is 0 Å². The van der Waals surface area contributed by atoms with E-state index in [1.165, 1.54) is 20.3 Å². The third-order valence-corrected chi connectivity index (χ3v) is 3.29. The summed E-state index contributed by atoms with van der Waals surface area (Å²) >= 11 is 0. The lowest BCUT2D eigenvalue weighted by Gasteiger charge is -2.10. The molecule has 0 bridgehead atoms. The number of methoxy groups -OCH3 is 2. The van der Waals surface area contributed by atoms with Crippen molar-refractivity contribution in [2.75, 3.05) is 14.2 Å². The monoisotopic (exact) mass is 282 g/mol. The van der Waals surface area contributed by atoms with Gasteiger partial charge < -0.3 is 13.9 Å². The van der Waals surface area contributed by atoms with Crippen LogP contribution in [0.4, 0.5) is 0 Å². The number of hydrogen-bond donors (Lipinski definition) is 0. The second-order valence-corrected chi connectivity index (χ2v) is 4.52. The predicted octanol–water partition coefficient (Wildman–Crippen LogP) is 3.48. The number of hydrogen-bond acceptors (Lipinski definition) is 4. The van der Waals surface area contributed by atoms with Crippen LogP contribution in [0.2, 0.25) is 0 Å². The van der Waals surface area contributed by atoms with Crippen molar-refractivity contribution in [3.63, 3.8) is 0 Å². The minimum absolute atomic E-state index is 0.161. The fourth-order valence-corrected chi connectivity index (χ4v) is 2.31. The largest absolute Gasteiger partial charge is 0.493 e. The molecule has 1 heterocycles. The number of fused-ring (bicyclic) bond motifs is 1. The van der Waals surface area contributed by atoms with Gasteiger partial charge in [-0.05, 0) is 12.1 Å². The van der Waals surface area contributed by atoms with Crippen LogP contribution >= 0.6 is 0 Å². The normalized spacial score (nSPS) is 10.6. The highest BCUT2D eigenvalue weighted by molar-refractivity contribution is 5.87. The molecule has 4 heteroatoms. The molecular formula is C17H14O4. The quantitative estimate of drug-likeness (QED) is 0.738. The summed E-state index contributed by atoms with van der Waals surface area (Å²) in [6.45, 7) is 0. The number of benzene rings is 2. The van der Waals surface area contributed by atoms with Crippen molar-refractivity contribution in [2.45, 2.75) is 0 Å². The summed E-state index contributed by atoms with van der Waals surface area (Å²) in [5, 5.41) is 0.386. The van der Waals surface area contributed by atoms with Crippen molar-refractivity contribution < 1.29 is 13.9 Å². The SMILES string of the molecule is COc1ccc2oc(-c3ccccc3)cc(=O)c2c1OC. The van der Waals surface area contributed by atoms with Crippen molar-refractivity contribution in [1.82, 2.24) is 0 Å². The Morgan fingerprint density at radius 1 is 0.952 bits per heavy atom. The molecule has 4 nitrogen and oxygen atoms in total. The van der Waals surface area contributed by atoms with Crippen molar-refractivity contribution in [3.05, 3.63) is 58.8 Å². The lowest BCUT2D eigenvalue weighted by molar-refractivity contribution is 0.358. The highest BCUT2D eigenvalue weighted by Gasteiger charge is 2.15. The minimum atomic E-state index is -0.161. The van der Waals surface area contributed by atoms with E-state index in [9.17, 15) is 4.79 Å². The minimum Gasteiger partial charge on any atom is -0.493 e. The van der Waals surface area contributed by atoms with Crippen LogP contribution in [-0.2, 0) is 0 Å². The molecule has 0 amide bonds. The number of rotatable bonds is 3. The fraction of sp³-hybridized carbons (Fsp3) is 0.118. The van der Waals surface area contributed by atoms with Gasteiger partial charge in [0, 0.05) is 11.6 Å². The molecule has 0 saturated heterocycles. The molecule has 0 spiro atoms. The van der Waals surface area contributed by atoms with Crippen LogP contribution in [-0.4, -0.2) is 14.2 Å². The molecule has 0 radical (unpaired) electrons. The summed E-state index contributed by atoms with van der Waals surface area (Å²) in [5.74, 6) is 1.42. The van der Waals surface area contributed by atoms with Crippen LogP contribution in [0.25, 0.3) is 22.3 Å². The van der Waals surface area contributed by atoms with Crippen LogP contribution in [0.15, 0.2) is 57.7 Å². The molecule has 0 fully saturated rings. The molecule has 0 aliphatic rings. The Bertz CT molecular complexity index is 835. The van der Waals surface area contributed by atoms with E-state index in [0.717, 1.165) is 5.56 Å². The molecule has 1 aromatic heterocycles. The van der Waals surface area contributed by atoms with Crippen molar-refractivity contribution in [3.8, 4) is 22.8 Å². The predicted molar refractivity (Wildman–Crippen MR) is 81.0 cm³/mol. The second kappa shape index (κ2) is 5.32. The van der Waals surface area contributed by atoms with Gasteiger partial charge in [-0.3, -0.25) is 4.79 Å². The zero-order valence-electron chi connectivity index (χ0n) is 11.8. The third-order valence-electron chi connectivity index (χ3n) is 3.29. The molecular weight excluding hydrogens is 268 g/mol. The lowest BCUT2D eigenvalue weighted by Crippen LogP contribution is -2.04. The standard InChI is InChI=1S/C17H14O4/c1-19-14-9-8-13-16(17(14)20-2)12(18)10-15(21-13)11-6-4-3-5-7-11/h3-10H,1-2H3. The Balaban J connectivity index is 2.30. The Labute approximate surface area is 121 Å². The highest BCUT2D eigenvalue weighted by atomic mass is 16.5. The van der Waals surface area contributed by atoms with Gasteiger partial charge in [0.15, 0.2) is 16.9 Å². The van der Waals surface area contributed by atoms with Crippen LogP contribution in [0.5, 0.6) is 11.5 Å². The average Bonchev–Trinajstić information content (AvgIpc) is 2.54. The molecule has 2 aromatic carbocycles. The third kappa shape index (κ3) is 2.25. The Hall–Kier alpha value is -2.75. The van der Waals surface area contributed by atoms with E-state index >= 15 is 0 Å². The molecule has 3 rings (SSSR count). The first-order valence-electron chi connectivity index (χ1n) is 6.49. The molecule has 0 unspecified atom stereocenters. The van der Waals surface area contributed by atoms with Crippen molar-refractivity contribution in [2.24, 2.45) is 0 Å². The Morgan fingerprint density at radius 3 is 2.38 bits per heavy atom. The first kappa shape index (κ1) is 13.2. The van der Waals surface area contributed by atoms with E-state index in [0.29, 0.717) is 28.2 Å². The van der Waals surface area contributed by atoms with Gasteiger partial charge in [0.2, 0.25) is 0 Å². The molecule has 3 aromatic rings. The summed E-state index contributed by atoms with van der Waals surface area (Å²) in [6, 6.07) is 14.4. The summed E-state index contributed by atoms with van der Waals surface area (Å²) < 4.78 is 16.3. The van der Waals surface area contributed by atoms with Gasteiger partial charge in [0.25, 0.3) is 0 Å². The van der Waals surface area contributed by atoms with Gasteiger partial charge in [-0.2, -0.15) is 0 Å². The molecule has 21 heavy (non-hydrogen) atoms. The molecule has 0 aliphatic carbocycles. The maximum absolute atomic E-state index is 12.4. The van der Waals surface area contributed by atoms with E-state index < -0.39 is 0 Å². The molecule has 0 aliphatic heterocycles. The van der Waals surface area contributed by atoms with Gasteiger partial charge in [0.1, 0.15) is 16.7 Å². The molecule has 0 atom stereocenters. The van der Waals surface area contributed by atoms with Crippen LogP contribution in [0.1, 0.15) is 0 Å². The zero-order valence-corrected chi connectivity index (χ0v) is 11.8. The fourth-order valence-electron chi connectivity index (χ4n) is 2.31. The van der Waals surface area contributed by atoms with Gasteiger partial charge in [-0.1, -0.05) is 30.3 Å². The Morgan fingerprint density at radius 2 is 1.71 bits per heavy atom. The molecule has 0 N–H and O–H groups in total. The highest BCUT2D eigenvalue weighted by Crippen LogP contribution is 2.34. The van der Waals surface area contributed by atoms with E-state index in [4.69, 9.17) is 13.9 Å². The molecule has 0 saturated carbocycles. The first-order valence-corrected chi connectivity index (χ1v) is 6.49. The summed E-state index contributed by atoms with van der Waals surface area (Å²) in [7, 11) is 3.03. The van der Waals surface area contributed by atoms with Crippen molar-refractivity contribution >= 4 is 11.0 Å². The van der Waals surface area contributed by atoms with E-state index in [-0.39, 0.29) is 5.43 Å². The first-order chi connectivity index (χ1) is 10.2. The lowest BCUT2D eigenvalue weighted by atomic mass is 10.1. The van der Waals surface area contributed by atoms with Gasteiger partial charge >= 0.3 is 0 Å². The van der Waals surface area contributed by atoms with Gasteiger partial charge in [0.05, 0.1) is 14.2 Å². The average molecular weight is 282 g/mol. The topological polar surface area (TPSA) is 48.7 Å². The van der Waals surface area contributed by atoms with Gasteiger partial charge in [-0.25, -0.2) is 0 Å². The van der Waals surface area contributed by atoms with E-state index in [1.807, 2.05) is 30.3 Å². The van der Waals surface area contributed by atoms with E-state index in [1.54, 1.807) is 12.1 Å². The maximum atomic E-state index is 12.4. The summed E-state index contributed by atoms with van der Waals surface area (Å²) in [4.78, 5) is 12.4. The molecule has 106 valence electrons.